The molecule has 15 heavy (non-hydrogen) atoms. The number of aromatic nitrogens is 4. The molecule has 76 valence electrons. The summed E-state index contributed by atoms with van der Waals surface area (Å²) in [5.74, 6) is 1.50. The Bertz CT molecular complexity index is 468. The second-order valence-electron chi connectivity index (χ2n) is 4.01. The smallest absolute Gasteiger partial charge is 0.160 e. The molecule has 1 fully saturated rings. The van der Waals surface area contributed by atoms with Crippen molar-refractivity contribution in [1.29, 1.82) is 0 Å². The molecule has 0 amide bonds. The summed E-state index contributed by atoms with van der Waals surface area (Å²) in [5.41, 5.74) is 2.11. The van der Waals surface area contributed by atoms with Crippen LogP contribution in [0.25, 0.3) is 5.82 Å². The molecule has 1 saturated carbocycles. The SMILES string of the molecule is Cc1cn(-c2ccc(C3CC3)nn2)cn1. The quantitative estimate of drug-likeness (QED) is 0.743. The van der Waals surface area contributed by atoms with Crippen molar-refractivity contribution >= 4 is 0 Å². The lowest BCUT2D eigenvalue weighted by atomic mass is 10.3. The van der Waals surface area contributed by atoms with Gasteiger partial charge >= 0.3 is 0 Å². The van der Waals surface area contributed by atoms with Gasteiger partial charge in [-0.05, 0) is 31.9 Å². The monoisotopic (exact) mass is 200 g/mol. The van der Waals surface area contributed by atoms with Crippen LogP contribution < -0.4 is 0 Å². The van der Waals surface area contributed by atoms with Crippen molar-refractivity contribution in [1.82, 2.24) is 19.7 Å². The van der Waals surface area contributed by atoms with Gasteiger partial charge in [0.05, 0.1) is 11.4 Å². The number of imidazole rings is 1. The molecule has 4 nitrogen and oxygen atoms in total. The van der Waals surface area contributed by atoms with Crippen LogP contribution in [0, 0.1) is 6.92 Å². The minimum absolute atomic E-state index is 0.663. The molecule has 0 bridgehead atoms. The molecular weight excluding hydrogens is 188 g/mol. The predicted octanol–water partition coefficient (Wildman–Crippen LogP) is 1.85. The van der Waals surface area contributed by atoms with E-state index in [1.165, 1.54) is 12.8 Å². The summed E-state index contributed by atoms with van der Waals surface area (Å²) in [6.07, 6.45) is 6.23. The Morgan fingerprint density at radius 3 is 2.67 bits per heavy atom. The molecule has 1 aliphatic carbocycles. The van der Waals surface area contributed by atoms with Crippen molar-refractivity contribution in [3.63, 3.8) is 0 Å². The standard InChI is InChI=1S/C11H12N4/c1-8-6-15(7-12-8)11-5-4-10(13-14-11)9-2-3-9/h4-7,9H,2-3H2,1H3. The Morgan fingerprint density at radius 2 is 2.13 bits per heavy atom. The Morgan fingerprint density at radius 1 is 1.27 bits per heavy atom. The van der Waals surface area contributed by atoms with E-state index >= 15 is 0 Å². The molecule has 2 heterocycles. The van der Waals surface area contributed by atoms with Gasteiger partial charge in [-0.15, -0.1) is 5.10 Å². The summed E-state index contributed by atoms with van der Waals surface area (Å²) in [4.78, 5) is 4.16. The molecule has 0 unspecified atom stereocenters. The van der Waals surface area contributed by atoms with Gasteiger partial charge in [-0.1, -0.05) is 0 Å². The van der Waals surface area contributed by atoms with Gasteiger partial charge in [-0.25, -0.2) is 4.98 Å². The fraction of sp³-hybridized carbons (Fsp3) is 0.364. The van der Waals surface area contributed by atoms with Crippen molar-refractivity contribution in [3.8, 4) is 5.82 Å². The van der Waals surface area contributed by atoms with Gasteiger partial charge in [-0.2, -0.15) is 5.10 Å². The third-order valence-electron chi connectivity index (χ3n) is 2.64. The Hall–Kier alpha value is -1.71. The van der Waals surface area contributed by atoms with Gasteiger partial charge in [0.2, 0.25) is 0 Å². The van der Waals surface area contributed by atoms with Crippen LogP contribution in [0.3, 0.4) is 0 Å². The first kappa shape index (κ1) is 8.59. The summed E-state index contributed by atoms with van der Waals surface area (Å²) < 4.78 is 1.89. The van der Waals surface area contributed by atoms with Gasteiger partial charge in [0, 0.05) is 12.1 Å². The van der Waals surface area contributed by atoms with Gasteiger partial charge < -0.3 is 0 Å². The number of hydrogen-bond donors (Lipinski definition) is 0. The van der Waals surface area contributed by atoms with E-state index in [0.717, 1.165) is 17.2 Å². The fourth-order valence-electron chi connectivity index (χ4n) is 1.62. The summed E-state index contributed by atoms with van der Waals surface area (Å²) in [6, 6.07) is 4.07. The summed E-state index contributed by atoms with van der Waals surface area (Å²) in [6.45, 7) is 1.96. The summed E-state index contributed by atoms with van der Waals surface area (Å²) in [5, 5.41) is 8.42. The highest BCUT2D eigenvalue weighted by Crippen LogP contribution is 2.38. The van der Waals surface area contributed by atoms with E-state index < -0.39 is 0 Å². The molecule has 4 heteroatoms. The molecule has 2 aromatic rings. The molecule has 0 spiro atoms. The van der Waals surface area contributed by atoms with Gasteiger partial charge in [0.15, 0.2) is 5.82 Å². The largest absolute Gasteiger partial charge is 0.289 e. The van der Waals surface area contributed by atoms with Crippen LogP contribution >= 0.6 is 0 Å². The molecule has 0 N–H and O–H groups in total. The van der Waals surface area contributed by atoms with E-state index in [4.69, 9.17) is 0 Å². The highest BCUT2D eigenvalue weighted by molar-refractivity contribution is 5.25. The van der Waals surface area contributed by atoms with Crippen molar-refractivity contribution < 1.29 is 0 Å². The molecule has 0 saturated heterocycles. The lowest BCUT2D eigenvalue weighted by Gasteiger charge is -2.00. The van der Waals surface area contributed by atoms with Crippen molar-refractivity contribution in [2.75, 3.05) is 0 Å². The normalized spacial score (nSPS) is 15.5. The number of hydrogen-bond acceptors (Lipinski definition) is 3. The van der Waals surface area contributed by atoms with Crippen molar-refractivity contribution in [2.45, 2.75) is 25.7 Å². The number of rotatable bonds is 2. The minimum Gasteiger partial charge on any atom is -0.289 e. The van der Waals surface area contributed by atoms with Gasteiger partial charge in [0.1, 0.15) is 6.33 Å². The van der Waals surface area contributed by atoms with E-state index in [1.54, 1.807) is 6.33 Å². The Kier molecular flexibility index (Phi) is 1.80. The number of aryl methyl sites for hydroxylation is 1. The van der Waals surface area contributed by atoms with Crippen LogP contribution in [0.4, 0.5) is 0 Å². The third kappa shape index (κ3) is 1.63. The highest BCUT2D eigenvalue weighted by Gasteiger charge is 2.25. The van der Waals surface area contributed by atoms with Crippen LogP contribution in [0.15, 0.2) is 24.7 Å². The van der Waals surface area contributed by atoms with E-state index in [1.807, 2.05) is 23.8 Å². The number of nitrogens with zero attached hydrogens (tertiary/aromatic N) is 4. The molecule has 0 atom stereocenters. The lowest BCUT2D eigenvalue weighted by Crippen LogP contribution is -1.98. The first-order valence-electron chi connectivity index (χ1n) is 5.17. The Labute approximate surface area is 88.0 Å². The molecule has 0 radical (unpaired) electrons. The van der Waals surface area contributed by atoms with Gasteiger partial charge in [-0.3, -0.25) is 4.57 Å². The zero-order chi connectivity index (χ0) is 10.3. The van der Waals surface area contributed by atoms with Gasteiger partial charge in [0.25, 0.3) is 0 Å². The maximum absolute atomic E-state index is 4.23. The lowest BCUT2D eigenvalue weighted by molar-refractivity contribution is 0.858. The first-order valence-corrected chi connectivity index (χ1v) is 5.17. The zero-order valence-electron chi connectivity index (χ0n) is 8.59. The van der Waals surface area contributed by atoms with E-state index in [2.05, 4.69) is 21.2 Å². The topological polar surface area (TPSA) is 43.6 Å². The van der Waals surface area contributed by atoms with E-state index in [0.29, 0.717) is 5.92 Å². The maximum atomic E-state index is 4.23. The second kappa shape index (κ2) is 3.15. The van der Waals surface area contributed by atoms with Crippen LogP contribution in [-0.2, 0) is 0 Å². The van der Waals surface area contributed by atoms with Crippen LogP contribution in [0.5, 0.6) is 0 Å². The van der Waals surface area contributed by atoms with Crippen LogP contribution in [-0.4, -0.2) is 19.7 Å². The van der Waals surface area contributed by atoms with Crippen molar-refractivity contribution in [2.24, 2.45) is 0 Å². The second-order valence-corrected chi connectivity index (χ2v) is 4.01. The van der Waals surface area contributed by atoms with E-state index in [-0.39, 0.29) is 0 Å². The molecule has 2 aromatic heterocycles. The predicted molar refractivity (Wildman–Crippen MR) is 55.9 cm³/mol. The van der Waals surface area contributed by atoms with Crippen LogP contribution in [0.1, 0.15) is 30.1 Å². The average Bonchev–Trinajstić information content (AvgIpc) is 3.02. The summed E-state index contributed by atoms with van der Waals surface area (Å²) >= 11 is 0. The van der Waals surface area contributed by atoms with E-state index in [9.17, 15) is 0 Å². The first-order chi connectivity index (χ1) is 7.33. The molecule has 0 aromatic carbocycles. The van der Waals surface area contributed by atoms with Crippen molar-refractivity contribution in [3.05, 3.63) is 36.0 Å². The average molecular weight is 200 g/mol. The Balaban J connectivity index is 1.92. The zero-order valence-corrected chi connectivity index (χ0v) is 8.59. The molecule has 1 aliphatic rings. The summed E-state index contributed by atoms with van der Waals surface area (Å²) in [7, 11) is 0. The molecule has 0 aliphatic heterocycles. The molecular formula is C11H12N4. The molecule has 3 rings (SSSR count). The third-order valence-corrected chi connectivity index (χ3v) is 2.64. The maximum Gasteiger partial charge on any atom is 0.160 e. The fourth-order valence-corrected chi connectivity index (χ4v) is 1.62. The minimum atomic E-state index is 0.663. The highest BCUT2D eigenvalue weighted by atomic mass is 15.2. The van der Waals surface area contributed by atoms with Crippen LogP contribution in [0.2, 0.25) is 0 Å².